The van der Waals surface area contributed by atoms with E-state index in [9.17, 15) is 0 Å². The molecule has 0 amide bonds. The lowest BCUT2D eigenvalue weighted by molar-refractivity contribution is 1.60. The fraction of sp³-hybridized carbons (Fsp3) is 0. The maximum absolute atomic E-state index is 2.36. The fourth-order valence-electron chi connectivity index (χ4n) is 5.43. The Morgan fingerprint density at radius 2 is 0.500 bits per heavy atom. The summed E-state index contributed by atoms with van der Waals surface area (Å²) >= 11 is 0. The molecule has 0 saturated carbocycles. The molecule has 0 N–H and O–H groups in total. The first-order valence-corrected chi connectivity index (χ1v) is 12.4. The van der Waals surface area contributed by atoms with Crippen molar-refractivity contribution in [3.05, 3.63) is 146 Å². The third-order valence-corrected chi connectivity index (χ3v) is 7.27. The SMILES string of the molecule is c1ccc(-c2ccc(-c3ccc4c5ccc(-c6ccccc6)cc5c5ccccc5c4c3)cc2)cc1. The van der Waals surface area contributed by atoms with Gasteiger partial charge in [0.05, 0.1) is 0 Å². The minimum absolute atomic E-state index is 1.24. The number of hydrogen-bond donors (Lipinski definition) is 0. The van der Waals surface area contributed by atoms with Gasteiger partial charge in [-0.05, 0) is 77.8 Å². The minimum Gasteiger partial charge on any atom is -0.0622 e. The quantitative estimate of drug-likeness (QED) is 0.232. The van der Waals surface area contributed by atoms with E-state index in [2.05, 4.69) is 146 Å². The van der Waals surface area contributed by atoms with Gasteiger partial charge >= 0.3 is 0 Å². The molecule has 0 spiro atoms. The van der Waals surface area contributed by atoms with Crippen molar-refractivity contribution in [2.75, 3.05) is 0 Å². The molecule has 0 aliphatic heterocycles. The lowest BCUT2D eigenvalue weighted by Gasteiger charge is -2.14. The lowest BCUT2D eigenvalue weighted by atomic mass is 9.90. The van der Waals surface area contributed by atoms with Crippen LogP contribution >= 0.6 is 0 Å². The zero-order chi connectivity index (χ0) is 23.9. The molecular weight excluding hydrogens is 432 g/mol. The van der Waals surface area contributed by atoms with Crippen LogP contribution in [-0.4, -0.2) is 0 Å². The maximum atomic E-state index is 2.36. The topological polar surface area (TPSA) is 0 Å². The van der Waals surface area contributed by atoms with E-state index in [-0.39, 0.29) is 0 Å². The van der Waals surface area contributed by atoms with E-state index in [4.69, 9.17) is 0 Å². The average molecular weight is 457 g/mol. The van der Waals surface area contributed by atoms with Crippen molar-refractivity contribution in [2.45, 2.75) is 0 Å². The van der Waals surface area contributed by atoms with Crippen molar-refractivity contribution in [3.8, 4) is 33.4 Å². The molecule has 7 aromatic rings. The predicted molar refractivity (Wildman–Crippen MR) is 155 cm³/mol. The number of fused-ring (bicyclic) bond motifs is 6. The molecule has 0 saturated heterocycles. The molecule has 0 aliphatic rings. The highest BCUT2D eigenvalue weighted by Crippen LogP contribution is 2.39. The first kappa shape index (κ1) is 20.7. The second kappa shape index (κ2) is 8.52. The molecule has 0 atom stereocenters. The Morgan fingerprint density at radius 3 is 0.972 bits per heavy atom. The van der Waals surface area contributed by atoms with Gasteiger partial charge in [0.25, 0.3) is 0 Å². The second-order valence-corrected chi connectivity index (χ2v) is 9.38. The van der Waals surface area contributed by atoms with Crippen LogP contribution in [0.2, 0.25) is 0 Å². The summed E-state index contributed by atoms with van der Waals surface area (Å²) in [6, 6.07) is 52.7. The molecule has 0 bridgehead atoms. The van der Waals surface area contributed by atoms with E-state index < -0.39 is 0 Å². The van der Waals surface area contributed by atoms with Crippen LogP contribution in [-0.2, 0) is 0 Å². The fourth-order valence-corrected chi connectivity index (χ4v) is 5.43. The summed E-state index contributed by atoms with van der Waals surface area (Å²) in [4.78, 5) is 0. The van der Waals surface area contributed by atoms with Crippen molar-refractivity contribution >= 4 is 32.3 Å². The molecule has 36 heavy (non-hydrogen) atoms. The molecule has 7 aromatic carbocycles. The van der Waals surface area contributed by atoms with E-state index in [1.807, 2.05) is 0 Å². The lowest BCUT2D eigenvalue weighted by Crippen LogP contribution is -1.86. The summed E-state index contributed by atoms with van der Waals surface area (Å²) in [5, 5.41) is 7.80. The molecule has 0 aliphatic carbocycles. The minimum atomic E-state index is 1.24. The molecule has 0 unspecified atom stereocenters. The number of rotatable bonds is 3. The molecule has 0 nitrogen and oxygen atoms in total. The third kappa shape index (κ3) is 3.47. The Balaban J connectivity index is 1.40. The Bertz CT molecular complexity index is 1820. The highest BCUT2D eigenvalue weighted by atomic mass is 14.1. The van der Waals surface area contributed by atoms with Gasteiger partial charge in [0.1, 0.15) is 0 Å². The zero-order valence-electron chi connectivity index (χ0n) is 19.9. The summed E-state index contributed by atoms with van der Waals surface area (Å²) in [6.07, 6.45) is 0. The van der Waals surface area contributed by atoms with E-state index >= 15 is 0 Å². The Morgan fingerprint density at radius 1 is 0.194 bits per heavy atom. The van der Waals surface area contributed by atoms with E-state index in [1.165, 1.54) is 65.7 Å². The molecule has 7 rings (SSSR count). The van der Waals surface area contributed by atoms with Crippen molar-refractivity contribution in [3.63, 3.8) is 0 Å². The molecular formula is C36H24. The van der Waals surface area contributed by atoms with Gasteiger partial charge in [-0.2, -0.15) is 0 Å². The van der Waals surface area contributed by atoms with Crippen LogP contribution in [0.25, 0.3) is 65.7 Å². The van der Waals surface area contributed by atoms with Gasteiger partial charge in [0.15, 0.2) is 0 Å². The van der Waals surface area contributed by atoms with Crippen LogP contribution in [0.5, 0.6) is 0 Å². The molecule has 168 valence electrons. The predicted octanol–water partition coefficient (Wildman–Crippen LogP) is 10.1. The highest BCUT2D eigenvalue weighted by molar-refractivity contribution is 6.26. The van der Waals surface area contributed by atoms with Crippen molar-refractivity contribution in [2.24, 2.45) is 0 Å². The van der Waals surface area contributed by atoms with Crippen LogP contribution in [0.15, 0.2) is 146 Å². The highest BCUT2D eigenvalue weighted by Gasteiger charge is 2.11. The van der Waals surface area contributed by atoms with Gasteiger partial charge in [-0.3, -0.25) is 0 Å². The average Bonchev–Trinajstić information content (AvgIpc) is 2.98. The van der Waals surface area contributed by atoms with E-state index in [0.717, 1.165) is 0 Å². The monoisotopic (exact) mass is 456 g/mol. The number of hydrogen-bond acceptors (Lipinski definition) is 0. The van der Waals surface area contributed by atoms with Crippen molar-refractivity contribution in [1.29, 1.82) is 0 Å². The van der Waals surface area contributed by atoms with Crippen LogP contribution in [0.4, 0.5) is 0 Å². The summed E-state index contributed by atoms with van der Waals surface area (Å²) in [6.45, 7) is 0. The van der Waals surface area contributed by atoms with Gasteiger partial charge in [-0.15, -0.1) is 0 Å². The van der Waals surface area contributed by atoms with Gasteiger partial charge in [0, 0.05) is 0 Å². The van der Waals surface area contributed by atoms with Crippen LogP contribution in [0.3, 0.4) is 0 Å². The van der Waals surface area contributed by atoms with Crippen LogP contribution in [0, 0.1) is 0 Å². The summed E-state index contributed by atoms with van der Waals surface area (Å²) in [5.41, 5.74) is 7.47. The van der Waals surface area contributed by atoms with Gasteiger partial charge < -0.3 is 0 Å². The Kier molecular flexibility index (Phi) is 4.89. The summed E-state index contributed by atoms with van der Waals surface area (Å²) in [7, 11) is 0. The standard InChI is InChI=1S/C36H24/c1-3-9-25(10-4-1)27-15-17-28(18-16-27)30-20-22-34-33-21-19-29(26-11-5-2-6-12-26)23-35(33)31-13-7-8-14-32(31)36(34)24-30/h1-24H. The molecule has 0 aromatic heterocycles. The van der Waals surface area contributed by atoms with Gasteiger partial charge in [0.2, 0.25) is 0 Å². The van der Waals surface area contributed by atoms with Gasteiger partial charge in [-0.1, -0.05) is 133 Å². The van der Waals surface area contributed by atoms with E-state index in [1.54, 1.807) is 0 Å². The molecule has 0 heteroatoms. The largest absolute Gasteiger partial charge is 0.0622 e. The zero-order valence-corrected chi connectivity index (χ0v) is 19.9. The summed E-state index contributed by atoms with van der Waals surface area (Å²) < 4.78 is 0. The number of benzene rings is 7. The van der Waals surface area contributed by atoms with Crippen molar-refractivity contribution in [1.82, 2.24) is 0 Å². The normalized spacial score (nSPS) is 11.3. The van der Waals surface area contributed by atoms with Crippen LogP contribution < -0.4 is 0 Å². The smallest absolute Gasteiger partial charge is 0.00928 e. The summed E-state index contributed by atoms with van der Waals surface area (Å²) in [5.74, 6) is 0. The molecule has 0 radical (unpaired) electrons. The van der Waals surface area contributed by atoms with Crippen LogP contribution in [0.1, 0.15) is 0 Å². The second-order valence-electron chi connectivity index (χ2n) is 9.38. The third-order valence-electron chi connectivity index (χ3n) is 7.27. The van der Waals surface area contributed by atoms with Gasteiger partial charge in [-0.25, -0.2) is 0 Å². The first-order chi connectivity index (χ1) is 17.8. The Labute approximate surface area is 211 Å². The molecule has 0 heterocycles. The van der Waals surface area contributed by atoms with E-state index in [0.29, 0.717) is 0 Å². The first-order valence-electron chi connectivity index (χ1n) is 12.4. The van der Waals surface area contributed by atoms with Crippen molar-refractivity contribution < 1.29 is 0 Å². The maximum Gasteiger partial charge on any atom is -0.00928 e. The Hall–Kier alpha value is -4.68. The molecule has 0 fully saturated rings.